The second-order valence-corrected chi connectivity index (χ2v) is 8.64. The van der Waals surface area contributed by atoms with Gasteiger partial charge in [0.15, 0.2) is 5.49 Å². The number of fused-ring (bicyclic) bond motifs is 2. The van der Waals surface area contributed by atoms with Gasteiger partial charge >= 0.3 is 11.9 Å². The molecule has 1 atom stereocenters. The lowest BCUT2D eigenvalue weighted by atomic mass is 10.1. The van der Waals surface area contributed by atoms with E-state index in [1.165, 1.54) is 31.4 Å². The number of carbonyl (C=O) groups is 3. The van der Waals surface area contributed by atoms with E-state index in [9.17, 15) is 19.2 Å². The topological polar surface area (TPSA) is 134 Å². The Labute approximate surface area is 209 Å². The summed E-state index contributed by atoms with van der Waals surface area (Å²) in [4.78, 5) is 52.4. The first-order valence-corrected chi connectivity index (χ1v) is 11.4. The van der Waals surface area contributed by atoms with Crippen molar-refractivity contribution in [1.82, 2.24) is 9.55 Å². The van der Waals surface area contributed by atoms with Gasteiger partial charge in [0.25, 0.3) is 11.5 Å². The minimum absolute atomic E-state index is 0.0788. The van der Waals surface area contributed by atoms with Crippen molar-refractivity contribution in [3.63, 3.8) is 0 Å². The lowest BCUT2D eigenvalue weighted by Crippen LogP contribution is -2.38. The maximum atomic E-state index is 13.3. The average molecular weight is 498 g/mol. The number of pyridine rings is 1. The second kappa shape index (κ2) is 8.90. The molecule has 37 heavy (non-hydrogen) atoms. The molecule has 0 bridgehead atoms. The molecule has 5 rings (SSSR count). The van der Waals surface area contributed by atoms with E-state index < -0.39 is 29.4 Å². The number of esters is 1. The van der Waals surface area contributed by atoms with Gasteiger partial charge in [0, 0.05) is 27.9 Å². The number of amides is 1. The van der Waals surface area contributed by atoms with Crippen molar-refractivity contribution in [2.75, 3.05) is 12.1 Å². The Morgan fingerprint density at radius 2 is 1.81 bits per heavy atom. The molecule has 1 unspecified atom stereocenters. The van der Waals surface area contributed by atoms with Crippen LogP contribution in [-0.2, 0) is 9.53 Å². The summed E-state index contributed by atoms with van der Waals surface area (Å²) >= 11 is 0. The van der Waals surface area contributed by atoms with Crippen LogP contribution in [0.4, 0.5) is 5.69 Å². The standard InChI is InChI=1S/C27H22N4O6/c1-14-20(12-17-13-30(15(2)27(36)37-3)21-7-5-4-6-19(17)21)24(32)28-23-22(14)25(33)31(29-23)18-10-8-16(9-11-18)26(34)35/h4-13,15H,1-3H3,(H,34,35)(H,28,29,32)/b20-12-. The van der Waals surface area contributed by atoms with Crippen molar-refractivity contribution in [3.8, 4) is 0 Å². The number of hydrogen-bond acceptors (Lipinski definition) is 6. The first-order chi connectivity index (χ1) is 17.7. The number of anilines is 1. The second-order valence-electron chi connectivity index (χ2n) is 8.64. The lowest BCUT2D eigenvalue weighted by molar-refractivity contribution is -0.143. The molecule has 0 spiro atoms. The van der Waals surface area contributed by atoms with E-state index in [0.717, 1.165) is 15.9 Å². The van der Waals surface area contributed by atoms with Crippen LogP contribution in [0.1, 0.15) is 44.8 Å². The van der Waals surface area contributed by atoms with Crippen LogP contribution in [0.25, 0.3) is 17.0 Å². The van der Waals surface area contributed by atoms with Gasteiger partial charge < -0.3 is 19.4 Å². The fraction of sp³-hybridized carbons (Fsp3) is 0.148. The van der Waals surface area contributed by atoms with Crippen molar-refractivity contribution in [3.05, 3.63) is 98.0 Å². The Hall–Kier alpha value is -4.99. The number of aromatic carboxylic acids is 1. The summed E-state index contributed by atoms with van der Waals surface area (Å²) in [6.07, 6.45) is 3.47. The van der Waals surface area contributed by atoms with E-state index in [1.54, 1.807) is 30.7 Å². The van der Waals surface area contributed by atoms with Gasteiger partial charge in [0.2, 0.25) is 0 Å². The third-order valence-electron chi connectivity index (χ3n) is 6.49. The van der Waals surface area contributed by atoms with Gasteiger partial charge in [-0.1, -0.05) is 18.2 Å². The number of H-pyrrole nitrogens is 1. The number of nitrogens with zero attached hydrogens (tertiary/aromatic N) is 3. The summed E-state index contributed by atoms with van der Waals surface area (Å²) in [6.45, 7) is 3.41. The molecule has 10 heteroatoms. The van der Waals surface area contributed by atoms with E-state index in [1.807, 2.05) is 24.3 Å². The Bertz CT molecular complexity index is 1780. The number of para-hydroxylation sites is 1. The number of nitrogens with one attached hydrogen (secondary N) is 1. The van der Waals surface area contributed by atoms with Gasteiger partial charge in [-0.25, -0.2) is 9.59 Å². The molecule has 0 aliphatic carbocycles. The number of carboxylic acids is 1. The Balaban J connectivity index is 1.63. The molecule has 1 aliphatic heterocycles. The average Bonchev–Trinajstić information content (AvgIpc) is 3.43. The number of benzene rings is 2. The summed E-state index contributed by atoms with van der Waals surface area (Å²) in [6, 6.07) is 12.6. The van der Waals surface area contributed by atoms with Crippen molar-refractivity contribution >= 4 is 40.5 Å². The molecule has 0 saturated carbocycles. The molecular formula is C27H22N4O6. The summed E-state index contributed by atoms with van der Waals surface area (Å²) in [5, 5.41) is 15.6. The molecule has 0 saturated heterocycles. The molecule has 1 aliphatic rings. The zero-order valence-electron chi connectivity index (χ0n) is 20.2. The number of methoxy groups -OCH3 is 1. The molecule has 186 valence electrons. The smallest absolute Gasteiger partial charge is 0.335 e. The van der Waals surface area contributed by atoms with Crippen LogP contribution in [-0.4, -0.2) is 39.6 Å². The summed E-state index contributed by atoms with van der Waals surface area (Å²) in [5.74, 6) is -1.92. The quantitative estimate of drug-likeness (QED) is 0.405. The molecule has 1 amide bonds. The monoisotopic (exact) mass is 498 g/mol. The normalized spacial score (nSPS) is 14.0. The highest BCUT2D eigenvalue weighted by Gasteiger charge is 2.29. The number of rotatable bonds is 5. The van der Waals surface area contributed by atoms with Crippen molar-refractivity contribution < 1.29 is 24.2 Å². The lowest BCUT2D eigenvalue weighted by Gasteiger charge is -2.12. The van der Waals surface area contributed by atoms with Crippen LogP contribution in [0.2, 0.25) is 0 Å². The Morgan fingerprint density at radius 3 is 2.49 bits per heavy atom. The highest BCUT2D eigenvalue weighted by atomic mass is 16.5. The molecule has 0 fully saturated rings. The van der Waals surface area contributed by atoms with Crippen molar-refractivity contribution in [1.29, 1.82) is 0 Å². The number of ether oxygens (including phenoxy) is 1. The number of aromatic nitrogens is 2. The molecule has 2 aromatic carbocycles. The van der Waals surface area contributed by atoms with E-state index in [2.05, 4.69) is 10.1 Å². The van der Waals surface area contributed by atoms with Crippen LogP contribution >= 0.6 is 0 Å². The third kappa shape index (κ3) is 3.88. The first kappa shape index (κ1) is 23.7. The van der Waals surface area contributed by atoms with Crippen LogP contribution in [0.5, 0.6) is 0 Å². The van der Waals surface area contributed by atoms with Gasteiger partial charge in [-0.2, -0.15) is 5.01 Å². The number of carboxylic acid groups (broad SMARTS) is 1. The van der Waals surface area contributed by atoms with E-state index in [4.69, 9.17) is 9.84 Å². The molecule has 3 heterocycles. The summed E-state index contributed by atoms with van der Waals surface area (Å²) < 4.78 is 6.69. The van der Waals surface area contributed by atoms with Crippen molar-refractivity contribution in [2.45, 2.75) is 19.9 Å². The fourth-order valence-corrected chi connectivity index (χ4v) is 4.51. The predicted octanol–water partition coefficient (Wildman–Crippen LogP) is 2.09. The predicted molar refractivity (Wildman–Crippen MR) is 135 cm³/mol. The first-order valence-electron chi connectivity index (χ1n) is 11.4. The molecule has 0 radical (unpaired) electrons. The van der Waals surface area contributed by atoms with Gasteiger partial charge in [-0.05, 0) is 55.8 Å². The van der Waals surface area contributed by atoms with Gasteiger partial charge in [-0.3, -0.25) is 9.59 Å². The zero-order chi connectivity index (χ0) is 26.4. The SMILES string of the molecule is COC(=O)C(C)n1cc(/C=c2/c(C)c3c([nH]c2=O)=NN(c2ccc(C(=O)O)cc2)C3=O)c2ccccc21. The Kier molecular flexibility index (Phi) is 5.71. The number of aromatic amines is 1. The molecule has 2 N–H and O–H groups in total. The summed E-state index contributed by atoms with van der Waals surface area (Å²) in [5.41, 5.74) is 2.36. The molecule has 2 aromatic heterocycles. The van der Waals surface area contributed by atoms with Crippen LogP contribution in [0, 0.1) is 6.92 Å². The minimum atomic E-state index is -1.08. The number of carbonyl (C=O) groups excluding carboxylic acids is 2. The van der Waals surface area contributed by atoms with E-state index in [0.29, 0.717) is 22.0 Å². The maximum Gasteiger partial charge on any atom is 0.335 e. The highest BCUT2D eigenvalue weighted by Crippen LogP contribution is 2.26. The van der Waals surface area contributed by atoms with Gasteiger partial charge in [-0.15, -0.1) is 5.10 Å². The van der Waals surface area contributed by atoms with Crippen LogP contribution < -0.4 is 21.3 Å². The van der Waals surface area contributed by atoms with Crippen LogP contribution in [0.3, 0.4) is 0 Å². The summed E-state index contributed by atoms with van der Waals surface area (Å²) in [7, 11) is 1.33. The third-order valence-corrected chi connectivity index (χ3v) is 6.49. The highest BCUT2D eigenvalue weighted by molar-refractivity contribution is 6.08. The molecule has 10 nitrogen and oxygen atoms in total. The minimum Gasteiger partial charge on any atom is -0.478 e. The maximum absolute atomic E-state index is 13.3. The van der Waals surface area contributed by atoms with Crippen molar-refractivity contribution in [2.24, 2.45) is 5.10 Å². The number of hydrogen-bond donors (Lipinski definition) is 2. The molecule has 4 aromatic rings. The van der Waals surface area contributed by atoms with E-state index >= 15 is 0 Å². The fourth-order valence-electron chi connectivity index (χ4n) is 4.51. The Morgan fingerprint density at radius 1 is 1.11 bits per heavy atom. The van der Waals surface area contributed by atoms with Gasteiger partial charge in [0.1, 0.15) is 6.04 Å². The van der Waals surface area contributed by atoms with Gasteiger partial charge in [0.05, 0.1) is 23.9 Å². The largest absolute Gasteiger partial charge is 0.478 e. The molecular weight excluding hydrogens is 476 g/mol. The van der Waals surface area contributed by atoms with E-state index in [-0.39, 0.29) is 16.6 Å². The van der Waals surface area contributed by atoms with Crippen LogP contribution in [0.15, 0.2) is 64.6 Å². The zero-order valence-corrected chi connectivity index (χ0v) is 20.2.